The van der Waals surface area contributed by atoms with Crippen LogP contribution in [-0.4, -0.2) is 7.05 Å². The summed E-state index contributed by atoms with van der Waals surface area (Å²) in [4.78, 5) is 0. The number of hydrogen-bond acceptors (Lipinski definition) is 1. The molecule has 0 saturated heterocycles. The molecular formula is C9H17N. The van der Waals surface area contributed by atoms with Gasteiger partial charge in [0.1, 0.15) is 0 Å². The van der Waals surface area contributed by atoms with Gasteiger partial charge in [0, 0.05) is 12.7 Å². The zero-order valence-electron chi connectivity index (χ0n) is 7.15. The first kappa shape index (κ1) is 9.28. The molecule has 0 amide bonds. The van der Waals surface area contributed by atoms with E-state index in [4.69, 9.17) is 0 Å². The van der Waals surface area contributed by atoms with Crippen molar-refractivity contribution < 1.29 is 0 Å². The van der Waals surface area contributed by atoms with Crippen LogP contribution in [0.3, 0.4) is 0 Å². The van der Waals surface area contributed by atoms with Gasteiger partial charge in [-0.2, -0.15) is 0 Å². The molecule has 1 heteroatoms. The van der Waals surface area contributed by atoms with Crippen LogP contribution in [0.15, 0.2) is 23.9 Å². The van der Waals surface area contributed by atoms with Crippen LogP contribution in [0, 0.1) is 0 Å². The molecule has 0 saturated carbocycles. The highest BCUT2D eigenvalue weighted by atomic mass is 14.8. The summed E-state index contributed by atoms with van der Waals surface area (Å²) in [6, 6.07) is 0. The lowest BCUT2D eigenvalue weighted by Crippen LogP contribution is -2.05. The first-order valence-corrected chi connectivity index (χ1v) is 3.97. The standard InChI is InChI=1S/C7H11N.C2H6/c1-8-7-5-3-2-4-6-7;1-2/h2-3,5,8H,4,6H2,1H3;1-2H3. The molecule has 1 aliphatic carbocycles. The molecule has 58 valence electrons. The molecule has 0 fully saturated rings. The zero-order valence-corrected chi connectivity index (χ0v) is 7.15. The van der Waals surface area contributed by atoms with Gasteiger partial charge in [-0.25, -0.2) is 0 Å². The summed E-state index contributed by atoms with van der Waals surface area (Å²) in [6.45, 7) is 4.00. The first-order chi connectivity index (χ1) is 4.93. The number of rotatable bonds is 1. The van der Waals surface area contributed by atoms with Crippen molar-refractivity contribution in [3.8, 4) is 0 Å². The normalized spacial score (nSPS) is 14.9. The van der Waals surface area contributed by atoms with Crippen LogP contribution in [0.25, 0.3) is 0 Å². The van der Waals surface area contributed by atoms with Crippen molar-refractivity contribution in [1.82, 2.24) is 5.32 Å². The summed E-state index contributed by atoms with van der Waals surface area (Å²) < 4.78 is 0. The monoisotopic (exact) mass is 139 g/mol. The molecule has 0 heterocycles. The molecule has 0 aliphatic heterocycles. The van der Waals surface area contributed by atoms with Gasteiger partial charge in [-0.05, 0) is 18.9 Å². The molecule has 1 aliphatic rings. The molecule has 1 nitrogen and oxygen atoms in total. The quantitative estimate of drug-likeness (QED) is 0.588. The van der Waals surface area contributed by atoms with Gasteiger partial charge in [0.15, 0.2) is 0 Å². The maximum Gasteiger partial charge on any atom is 0.0107 e. The average molecular weight is 139 g/mol. The van der Waals surface area contributed by atoms with E-state index in [0.717, 1.165) is 0 Å². The van der Waals surface area contributed by atoms with Crippen LogP contribution in [-0.2, 0) is 0 Å². The summed E-state index contributed by atoms with van der Waals surface area (Å²) in [5, 5.41) is 3.11. The van der Waals surface area contributed by atoms with Crippen LogP contribution in [0.1, 0.15) is 26.7 Å². The third-order valence-corrected chi connectivity index (χ3v) is 1.33. The average Bonchev–Trinajstić information content (AvgIpc) is 2.10. The van der Waals surface area contributed by atoms with Gasteiger partial charge in [0.05, 0.1) is 0 Å². The van der Waals surface area contributed by atoms with E-state index in [9.17, 15) is 0 Å². The van der Waals surface area contributed by atoms with Gasteiger partial charge in [-0.1, -0.05) is 26.0 Å². The smallest absolute Gasteiger partial charge is 0.0107 e. The molecule has 0 atom stereocenters. The maximum absolute atomic E-state index is 3.11. The highest BCUT2D eigenvalue weighted by Gasteiger charge is 1.92. The fourth-order valence-corrected chi connectivity index (χ4v) is 0.811. The van der Waals surface area contributed by atoms with E-state index >= 15 is 0 Å². The molecule has 0 aromatic rings. The summed E-state index contributed by atoms with van der Waals surface area (Å²) >= 11 is 0. The van der Waals surface area contributed by atoms with Gasteiger partial charge < -0.3 is 5.32 Å². The second kappa shape index (κ2) is 6.40. The Hall–Kier alpha value is -0.720. The van der Waals surface area contributed by atoms with Crippen molar-refractivity contribution in [2.75, 3.05) is 7.05 Å². The number of nitrogens with one attached hydrogen (secondary N) is 1. The van der Waals surface area contributed by atoms with Crippen LogP contribution in [0.4, 0.5) is 0 Å². The minimum absolute atomic E-state index is 1.17. The Labute approximate surface area is 63.8 Å². The molecule has 1 N–H and O–H groups in total. The Morgan fingerprint density at radius 2 is 2.10 bits per heavy atom. The van der Waals surface area contributed by atoms with Crippen molar-refractivity contribution in [3.05, 3.63) is 23.9 Å². The van der Waals surface area contributed by atoms with Crippen LogP contribution in [0.2, 0.25) is 0 Å². The second-order valence-corrected chi connectivity index (χ2v) is 1.91. The van der Waals surface area contributed by atoms with E-state index in [2.05, 4.69) is 23.5 Å². The van der Waals surface area contributed by atoms with E-state index in [-0.39, 0.29) is 0 Å². The SMILES string of the molecule is CC.CNC1=CC=CCC1. The summed E-state index contributed by atoms with van der Waals surface area (Å²) in [5.41, 5.74) is 1.34. The third kappa shape index (κ3) is 3.33. The first-order valence-electron chi connectivity index (χ1n) is 3.97. The fourth-order valence-electron chi connectivity index (χ4n) is 0.811. The Balaban J connectivity index is 0.000000371. The third-order valence-electron chi connectivity index (χ3n) is 1.33. The molecule has 0 aromatic heterocycles. The predicted molar refractivity (Wildman–Crippen MR) is 46.9 cm³/mol. The lowest BCUT2D eigenvalue weighted by Gasteiger charge is -2.05. The molecule has 0 bridgehead atoms. The van der Waals surface area contributed by atoms with E-state index in [0.29, 0.717) is 0 Å². The van der Waals surface area contributed by atoms with Crippen molar-refractivity contribution in [2.45, 2.75) is 26.7 Å². The number of hydrogen-bond donors (Lipinski definition) is 1. The van der Waals surface area contributed by atoms with E-state index in [1.54, 1.807) is 0 Å². The Morgan fingerprint density at radius 3 is 2.40 bits per heavy atom. The van der Waals surface area contributed by atoms with Crippen molar-refractivity contribution in [1.29, 1.82) is 0 Å². The topological polar surface area (TPSA) is 12.0 Å². The Kier molecular flexibility index (Phi) is 5.94. The number of allylic oxidation sites excluding steroid dienone is 4. The molecule has 0 radical (unpaired) electrons. The van der Waals surface area contributed by atoms with Gasteiger partial charge in [-0.3, -0.25) is 0 Å². The lowest BCUT2D eigenvalue weighted by molar-refractivity contribution is 0.841. The molecule has 0 unspecified atom stereocenters. The summed E-state index contributed by atoms with van der Waals surface area (Å²) in [5.74, 6) is 0. The molecule has 0 spiro atoms. The van der Waals surface area contributed by atoms with Crippen molar-refractivity contribution in [2.24, 2.45) is 0 Å². The molecular weight excluding hydrogens is 122 g/mol. The van der Waals surface area contributed by atoms with Gasteiger partial charge in [-0.15, -0.1) is 0 Å². The fraction of sp³-hybridized carbons (Fsp3) is 0.556. The minimum Gasteiger partial charge on any atom is -0.391 e. The Bertz CT molecular complexity index is 123. The van der Waals surface area contributed by atoms with Crippen molar-refractivity contribution >= 4 is 0 Å². The van der Waals surface area contributed by atoms with Gasteiger partial charge in [0.25, 0.3) is 0 Å². The highest BCUT2D eigenvalue weighted by Crippen LogP contribution is 2.06. The minimum atomic E-state index is 1.17. The highest BCUT2D eigenvalue weighted by molar-refractivity contribution is 5.15. The molecule has 1 rings (SSSR count). The van der Waals surface area contributed by atoms with Gasteiger partial charge >= 0.3 is 0 Å². The van der Waals surface area contributed by atoms with Crippen LogP contribution >= 0.6 is 0 Å². The van der Waals surface area contributed by atoms with Crippen LogP contribution < -0.4 is 5.32 Å². The van der Waals surface area contributed by atoms with E-state index in [1.807, 2.05) is 20.9 Å². The maximum atomic E-state index is 3.11. The summed E-state index contributed by atoms with van der Waals surface area (Å²) in [6.07, 6.45) is 8.75. The van der Waals surface area contributed by atoms with Gasteiger partial charge in [0.2, 0.25) is 0 Å². The Morgan fingerprint density at radius 1 is 1.40 bits per heavy atom. The van der Waals surface area contributed by atoms with E-state index < -0.39 is 0 Å². The largest absolute Gasteiger partial charge is 0.391 e. The molecule has 0 aromatic carbocycles. The van der Waals surface area contributed by atoms with Crippen LogP contribution in [0.5, 0.6) is 0 Å². The van der Waals surface area contributed by atoms with Crippen molar-refractivity contribution in [3.63, 3.8) is 0 Å². The zero-order chi connectivity index (χ0) is 7.82. The molecule has 10 heavy (non-hydrogen) atoms. The predicted octanol–water partition coefficient (Wildman–Crippen LogP) is 2.47. The summed E-state index contributed by atoms with van der Waals surface area (Å²) in [7, 11) is 1.96. The van der Waals surface area contributed by atoms with E-state index in [1.165, 1.54) is 18.5 Å². The second-order valence-electron chi connectivity index (χ2n) is 1.91. The lowest BCUT2D eigenvalue weighted by atomic mass is 10.1.